The molecule has 3 amide bonds. The van der Waals surface area contributed by atoms with E-state index in [0.29, 0.717) is 37.2 Å². The Balaban J connectivity index is 1.43. The Hall–Kier alpha value is -3.09. The second-order valence-corrected chi connectivity index (χ2v) is 7.09. The Bertz CT molecular complexity index is 907. The van der Waals surface area contributed by atoms with Crippen LogP contribution in [-0.2, 0) is 0 Å². The molecule has 140 valence electrons. The van der Waals surface area contributed by atoms with Crippen molar-refractivity contribution in [2.75, 3.05) is 23.7 Å². The summed E-state index contributed by atoms with van der Waals surface area (Å²) in [4.78, 5) is 26.7. The van der Waals surface area contributed by atoms with Gasteiger partial charge in [-0.3, -0.25) is 4.79 Å². The first-order valence-electron chi connectivity index (χ1n) is 8.98. The predicted molar refractivity (Wildman–Crippen MR) is 101 cm³/mol. The number of benzene rings is 2. The van der Waals surface area contributed by atoms with Crippen molar-refractivity contribution in [1.82, 2.24) is 10.2 Å². The number of hydrogen-bond acceptors (Lipinski definition) is 3. The lowest BCUT2D eigenvalue weighted by Crippen LogP contribution is -2.63. The Morgan fingerprint density at radius 1 is 1.15 bits per heavy atom. The molecule has 1 saturated heterocycles. The van der Waals surface area contributed by atoms with Crippen LogP contribution in [0.2, 0.25) is 0 Å². The van der Waals surface area contributed by atoms with Gasteiger partial charge in [0.2, 0.25) is 0 Å². The van der Waals surface area contributed by atoms with Gasteiger partial charge in [-0.15, -0.1) is 0 Å². The Morgan fingerprint density at radius 3 is 2.63 bits per heavy atom. The first-order chi connectivity index (χ1) is 13.0. The molecule has 1 fully saturated rings. The summed E-state index contributed by atoms with van der Waals surface area (Å²) in [5.41, 5.74) is 2.31. The van der Waals surface area contributed by atoms with E-state index < -0.39 is 11.5 Å². The maximum atomic E-state index is 13.3. The molecule has 0 radical (unpaired) electrons. The minimum absolute atomic E-state index is 0.0838. The minimum Gasteiger partial charge on any atom is -0.362 e. The van der Waals surface area contributed by atoms with Crippen molar-refractivity contribution in [3.8, 4) is 0 Å². The van der Waals surface area contributed by atoms with Crippen molar-refractivity contribution in [1.29, 1.82) is 0 Å². The van der Waals surface area contributed by atoms with Gasteiger partial charge in [-0.05, 0) is 36.8 Å². The van der Waals surface area contributed by atoms with Crippen LogP contribution in [0.25, 0.3) is 0 Å². The Kier molecular flexibility index (Phi) is 4.22. The summed E-state index contributed by atoms with van der Waals surface area (Å²) in [7, 11) is 0. The standard InChI is InChI=1S/C20H21FN4O2/c1-13-4-2-7-16-17(13)18(26)24-20(23-16)8-10-25(11-9-20)19(27)22-15-6-3-5-14(21)12-15/h2-7,12,23H,8-11H2,1H3,(H,22,27)(H,24,26). The molecule has 4 rings (SSSR count). The fraction of sp³-hybridized carbons (Fsp3) is 0.300. The molecular formula is C20H21FN4O2. The SMILES string of the molecule is Cc1cccc2c1C(=O)NC1(CCN(C(=O)Nc3cccc(F)c3)CC1)N2. The van der Waals surface area contributed by atoms with Crippen LogP contribution in [0.4, 0.5) is 20.6 Å². The highest BCUT2D eigenvalue weighted by Crippen LogP contribution is 2.32. The average Bonchev–Trinajstić information content (AvgIpc) is 2.62. The van der Waals surface area contributed by atoms with Gasteiger partial charge in [0.05, 0.1) is 5.56 Å². The number of aryl methyl sites for hydroxylation is 1. The van der Waals surface area contributed by atoms with Gasteiger partial charge in [0, 0.05) is 37.3 Å². The van der Waals surface area contributed by atoms with Gasteiger partial charge in [-0.2, -0.15) is 0 Å². The lowest BCUT2D eigenvalue weighted by Gasteiger charge is -2.46. The van der Waals surface area contributed by atoms with E-state index in [2.05, 4.69) is 16.0 Å². The smallest absolute Gasteiger partial charge is 0.321 e. The maximum Gasteiger partial charge on any atom is 0.321 e. The molecule has 0 unspecified atom stereocenters. The number of likely N-dealkylation sites (tertiary alicyclic amines) is 1. The molecule has 0 aliphatic carbocycles. The van der Waals surface area contributed by atoms with E-state index in [9.17, 15) is 14.0 Å². The molecule has 7 heteroatoms. The molecule has 1 spiro atoms. The van der Waals surface area contributed by atoms with Crippen LogP contribution < -0.4 is 16.0 Å². The fourth-order valence-corrected chi connectivity index (χ4v) is 3.75. The molecular weight excluding hydrogens is 347 g/mol. The summed E-state index contributed by atoms with van der Waals surface area (Å²) in [6.45, 7) is 2.88. The average molecular weight is 368 g/mol. The predicted octanol–water partition coefficient (Wildman–Crippen LogP) is 3.31. The van der Waals surface area contributed by atoms with Gasteiger partial charge in [-0.25, -0.2) is 9.18 Å². The van der Waals surface area contributed by atoms with Gasteiger partial charge < -0.3 is 20.9 Å². The van der Waals surface area contributed by atoms with Crippen molar-refractivity contribution in [3.05, 3.63) is 59.4 Å². The third-order valence-electron chi connectivity index (χ3n) is 5.21. The molecule has 3 N–H and O–H groups in total. The molecule has 0 bridgehead atoms. The second-order valence-electron chi connectivity index (χ2n) is 7.09. The van der Waals surface area contributed by atoms with Crippen LogP contribution in [0, 0.1) is 12.7 Å². The number of carbonyl (C=O) groups excluding carboxylic acids is 2. The molecule has 6 nitrogen and oxygen atoms in total. The molecule has 0 aromatic heterocycles. The zero-order chi connectivity index (χ0) is 19.0. The molecule has 2 aliphatic heterocycles. The first kappa shape index (κ1) is 17.3. The number of amides is 3. The zero-order valence-electron chi connectivity index (χ0n) is 15.0. The largest absolute Gasteiger partial charge is 0.362 e. The van der Waals surface area contributed by atoms with Crippen LogP contribution in [-0.4, -0.2) is 35.6 Å². The lowest BCUT2D eigenvalue weighted by atomic mass is 9.91. The highest BCUT2D eigenvalue weighted by Gasteiger charge is 2.41. The summed E-state index contributed by atoms with van der Waals surface area (Å²) in [5, 5.41) is 9.26. The normalized spacial score (nSPS) is 17.7. The Labute approximate surface area is 156 Å². The highest BCUT2D eigenvalue weighted by molar-refractivity contribution is 6.03. The number of rotatable bonds is 1. The number of piperidine rings is 1. The van der Waals surface area contributed by atoms with Gasteiger partial charge in [0.25, 0.3) is 5.91 Å². The number of hydrogen-bond donors (Lipinski definition) is 3. The number of nitrogens with zero attached hydrogens (tertiary/aromatic N) is 1. The monoisotopic (exact) mass is 368 g/mol. The maximum absolute atomic E-state index is 13.3. The number of anilines is 2. The molecule has 2 aromatic carbocycles. The van der Waals surface area contributed by atoms with E-state index in [1.807, 2.05) is 25.1 Å². The lowest BCUT2D eigenvalue weighted by molar-refractivity contribution is 0.0851. The van der Waals surface area contributed by atoms with Gasteiger partial charge in [0.1, 0.15) is 11.5 Å². The third kappa shape index (κ3) is 3.32. The summed E-state index contributed by atoms with van der Waals surface area (Å²) in [5.74, 6) is -0.479. The molecule has 27 heavy (non-hydrogen) atoms. The van der Waals surface area contributed by atoms with Crippen molar-refractivity contribution in [2.24, 2.45) is 0 Å². The van der Waals surface area contributed by atoms with E-state index >= 15 is 0 Å². The van der Waals surface area contributed by atoms with Crippen molar-refractivity contribution in [3.63, 3.8) is 0 Å². The zero-order valence-corrected chi connectivity index (χ0v) is 15.0. The van der Waals surface area contributed by atoms with Crippen molar-refractivity contribution < 1.29 is 14.0 Å². The number of urea groups is 1. The van der Waals surface area contributed by atoms with Gasteiger partial charge in [0.15, 0.2) is 0 Å². The molecule has 2 heterocycles. The number of fused-ring (bicyclic) bond motifs is 1. The molecule has 0 saturated carbocycles. The second kappa shape index (κ2) is 6.57. The number of carbonyl (C=O) groups is 2. The summed E-state index contributed by atoms with van der Waals surface area (Å²) >= 11 is 0. The van der Waals surface area contributed by atoms with Crippen LogP contribution in [0.1, 0.15) is 28.8 Å². The van der Waals surface area contributed by atoms with E-state index in [0.717, 1.165) is 11.3 Å². The summed E-state index contributed by atoms with van der Waals surface area (Å²) in [6, 6.07) is 11.3. The highest BCUT2D eigenvalue weighted by atomic mass is 19.1. The van der Waals surface area contributed by atoms with E-state index in [-0.39, 0.29) is 11.9 Å². The van der Waals surface area contributed by atoms with E-state index in [1.54, 1.807) is 17.0 Å². The number of halogens is 1. The van der Waals surface area contributed by atoms with Gasteiger partial charge >= 0.3 is 6.03 Å². The molecule has 0 atom stereocenters. The van der Waals surface area contributed by atoms with E-state index in [1.165, 1.54) is 12.1 Å². The first-order valence-corrected chi connectivity index (χ1v) is 8.98. The van der Waals surface area contributed by atoms with Crippen LogP contribution in [0.15, 0.2) is 42.5 Å². The fourth-order valence-electron chi connectivity index (χ4n) is 3.75. The molecule has 2 aliphatic rings. The van der Waals surface area contributed by atoms with Crippen LogP contribution >= 0.6 is 0 Å². The number of nitrogens with one attached hydrogen (secondary N) is 3. The summed E-state index contributed by atoms with van der Waals surface area (Å²) in [6.07, 6.45) is 1.17. The third-order valence-corrected chi connectivity index (χ3v) is 5.21. The quantitative estimate of drug-likeness (QED) is 0.723. The van der Waals surface area contributed by atoms with Crippen LogP contribution in [0.5, 0.6) is 0 Å². The Morgan fingerprint density at radius 2 is 1.89 bits per heavy atom. The topological polar surface area (TPSA) is 73.5 Å². The minimum atomic E-state index is -0.548. The molecule has 2 aromatic rings. The van der Waals surface area contributed by atoms with E-state index in [4.69, 9.17) is 0 Å². The van der Waals surface area contributed by atoms with Crippen LogP contribution in [0.3, 0.4) is 0 Å². The summed E-state index contributed by atoms with van der Waals surface area (Å²) < 4.78 is 13.3. The van der Waals surface area contributed by atoms with Crippen molar-refractivity contribution in [2.45, 2.75) is 25.4 Å². The van der Waals surface area contributed by atoms with Crippen molar-refractivity contribution >= 4 is 23.3 Å². The van der Waals surface area contributed by atoms with Gasteiger partial charge in [-0.1, -0.05) is 18.2 Å².